The van der Waals surface area contributed by atoms with Gasteiger partial charge in [-0.1, -0.05) is 13.3 Å². The van der Waals surface area contributed by atoms with Gasteiger partial charge in [-0.25, -0.2) is 0 Å². The molecular formula is C10H13BrO2S. The fourth-order valence-corrected chi connectivity index (χ4v) is 2.66. The molecule has 0 fully saturated rings. The Kier molecular flexibility index (Phi) is 4.78. The zero-order valence-corrected chi connectivity index (χ0v) is 10.4. The van der Waals surface area contributed by atoms with E-state index in [4.69, 9.17) is 0 Å². The van der Waals surface area contributed by atoms with E-state index in [2.05, 4.69) is 15.9 Å². The van der Waals surface area contributed by atoms with Crippen molar-refractivity contribution >= 4 is 33.0 Å². The van der Waals surface area contributed by atoms with Crippen LogP contribution in [0.1, 0.15) is 24.6 Å². The maximum Gasteiger partial charge on any atom is 0.166 e. The van der Waals surface area contributed by atoms with Gasteiger partial charge in [0, 0.05) is 15.8 Å². The van der Waals surface area contributed by atoms with Gasteiger partial charge in [0.1, 0.15) is 6.10 Å². The number of halogens is 1. The highest BCUT2D eigenvalue weighted by Crippen LogP contribution is 2.23. The highest BCUT2D eigenvalue weighted by molar-refractivity contribution is 9.10. The smallest absolute Gasteiger partial charge is 0.166 e. The zero-order chi connectivity index (χ0) is 10.6. The van der Waals surface area contributed by atoms with E-state index in [1.807, 2.05) is 18.4 Å². The second-order valence-corrected chi connectivity index (χ2v) is 4.99. The third kappa shape index (κ3) is 3.19. The highest BCUT2D eigenvalue weighted by atomic mass is 79.9. The van der Waals surface area contributed by atoms with Gasteiger partial charge in [0.25, 0.3) is 0 Å². The quantitative estimate of drug-likeness (QED) is 0.898. The van der Waals surface area contributed by atoms with Crippen LogP contribution in [0.4, 0.5) is 0 Å². The molecule has 0 aromatic carbocycles. The van der Waals surface area contributed by atoms with Gasteiger partial charge in [0.15, 0.2) is 5.78 Å². The Morgan fingerprint density at radius 2 is 2.43 bits per heavy atom. The Hall–Kier alpha value is -0.190. The number of hydrogen-bond acceptors (Lipinski definition) is 3. The van der Waals surface area contributed by atoms with Gasteiger partial charge in [0.2, 0.25) is 0 Å². The molecule has 1 unspecified atom stereocenters. The number of Topliss-reactive ketones (excluding diaryl/α,β-unsaturated/α-hetero) is 1. The van der Waals surface area contributed by atoms with Crippen LogP contribution in [-0.2, 0) is 11.2 Å². The Morgan fingerprint density at radius 3 is 2.93 bits per heavy atom. The summed E-state index contributed by atoms with van der Waals surface area (Å²) in [5.41, 5.74) is 0. The SMILES string of the molecule is CCCC(O)C(=O)Cc1sccc1Br. The van der Waals surface area contributed by atoms with E-state index >= 15 is 0 Å². The maximum absolute atomic E-state index is 11.5. The van der Waals surface area contributed by atoms with Gasteiger partial charge in [-0.3, -0.25) is 4.79 Å². The Morgan fingerprint density at radius 1 is 1.71 bits per heavy atom. The van der Waals surface area contributed by atoms with Crippen molar-refractivity contribution in [1.82, 2.24) is 0 Å². The number of aliphatic hydroxyl groups is 1. The molecule has 1 aromatic heterocycles. The van der Waals surface area contributed by atoms with Crippen LogP contribution < -0.4 is 0 Å². The lowest BCUT2D eigenvalue weighted by Gasteiger charge is -2.06. The summed E-state index contributed by atoms with van der Waals surface area (Å²) in [5.74, 6) is -0.0880. The minimum absolute atomic E-state index is 0.0880. The normalized spacial score (nSPS) is 12.8. The molecule has 0 aliphatic rings. The summed E-state index contributed by atoms with van der Waals surface area (Å²) < 4.78 is 0.958. The van der Waals surface area contributed by atoms with E-state index in [1.54, 1.807) is 0 Å². The van der Waals surface area contributed by atoms with E-state index in [1.165, 1.54) is 11.3 Å². The molecule has 2 nitrogen and oxygen atoms in total. The largest absolute Gasteiger partial charge is 0.385 e. The van der Waals surface area contributed by atoms with E-state index in [0.717, 1.165) is 15.8 Å². The highest BCUT2D eigenvalue weighted by Gasteiger charge is 2.16. The molecule has 0 saturated heterocycles. The van der Waals surface area contributed by atoms with E-state index in [0.29, 0.717) is 12.8 Å². The van der Waals surface area contributed by atoms with Crippen molar-refractivity contribution in [3.63, 3.8) is 0 Å². The average Bonchev–Trinajstić information content (AvgIpc) is 2.52. The first-order valence-electron chi connectivity index (χ1n) is 4.57. The van der Waals surface area contributed by atoms with Crippen LogP contribution in [0.25, 0.3) is 0 Å². The van der Waals surface area contributed by atoms with Gasteiger partial charge in [0.05, 0.1) is 0 Å². The van der Waals surface area contributed by atoms with Crippen molar-refractivity contribution in [3.05, 3.63) is 20.8 Å². The number of thiophene rings is 1. The van der Waals surface area contributed by atoms with Crippen molar-refractivity contribution in [2.45, 2.75) is 32.3 Å². The van der Waals surface area contributed by atoms with Crippen molar-refractivity contribution in [2.24, 2.45) is 0 Å². The lowest BCUT2D eigenvalue weighted by Crippen LogP contribution is -2.21. The number of carbonyl (C=O) groups excluding carboxylic acids is 1. The molecule has 1 heterocycles. The topological polar surface area (TPSA) is 37.3 Å². The first kappa shape index (κ1) is 11.9. The van der Waals surface area contributed by atoms with Crippen LogP contribution in [0, 0.1) is 0 Å². The second-order valence-electron chi connectivity index (χ2n) is 3.14. The number of aliphatic hydroxyl groups excluding tert-OH is 1. The molecule has 0 amide bonds. The maximum atomic E-state index is 11.5. The Labute approximate surface area is 96.1 Å². The number of ketones is 1. The second kappa shape index (κ2) is 5.63. The van der Waals surface area contributed by atoms with Crippen molar-refractivity contribution in [2.75, 3.05) is 0 Å². The van der Waals surface area contributed by atoms with Crippen molar-refractivity contribution in [3.8, 4) is 0 Å². The fraction of sp³-hybridized carbons (Fsp3) is 0.500. The van der Waals surface area contributed by atoms with E-state index < -0.39 is 6.10 Å². The summed E-state index contributed by atoms with van der Waals surface area (Å²) in [6.07, 6.45) is 0.925. The molecule has 1 aromatic rings. The van der Waals surface area contributed by atoms with Gasteiger partial charge in [-0.15, -0.1) is 11.3 Å². The lowest BCUT2D eigenvalue weighted by molar-refractivity contribution is -0.126. The third-order valence-electron chi connectivity index (χ3n) is 1.96. The van der Waals surface area contributed by atoms with Gasteiger partial charge in [-0.2, -0.15) is 0 Å². The number of hydrogen-bond donors (Lipinski definition) is 1. The van der Waals surface area contributed by atoms with Gasteiger partial charge < -0.3 is 5.11 Å². The summed E-state index contributed by atoms with van der Waals surface area (Å²) >= 11 is 4.89. The molecule has 1 atom stereocenters. The molecule has 0 bridgehead atoms. The summed E-state index contributed by atoms with van der Waals surface area (Å²) in [6, 6.07) is 1.92. The molecule has 78 valence electrons. The zero-order valence-electron chi connectivity index (χ0n) is 8.00. The predicted octanol–water partition coefficient (Wildman–Crippen LogP) is 2.78. The first-order valence-corrected chi connectivity index (χ1v) is 6.25. The van der Waals surface area contributed by atoms with Crippen LogP contribution >= 0.6 is 27.3 Å². The minimum Gasteiger partial charge on any atom is -0.385 e. The molecule has 0 aliphatic heterocycles. The summed E-state index contributed by atoms with van der Waals surface area (Å²) in [6.45, 7) is 1.96. The molecule has 0 radical (unpaired) electrons. The molecule has 14 heavy (non-hydrogen) atoms. The summed E-state index contributed by atoms with van der Waals surface area (Å²) in [7, 11) is 0. The number of rotatable bonds is 5. The predicted molar refractivity (Wildman–Crippen MR) is 61.6 cm³/mol. The summed E-state index contributed by atoms with van der Waals surface area (Å²) in [4.78, 5) is 12.5. The van der Waals surface area contributed by atoms with Crippen molar-refractivity contribution < 1.29 is 9.90 Å². The van der Waals surface area contributed by atoms with Gasteiger partial charge >= 0.3 is 0 Å². The fourth-order valence-electron chi connectivity index (χ4n) is 1.16. The van der Waals surface area contributed by atoms with Crippen LogP contribution in [0.5, 0.6) is 0 Å². The molecule has 0 aliphatic carbocycles. The van der Waals surface area contributed by atoms with E-state index in [-0.39, 0.29) is 5.78 Å². The standard InChI is InChI=1S/C10H13BrO2S/c1-2-3-8(12)9(13)6-10-7(11)4-5-14-10/h4-5,8,12H,2-3,6H2,1H3. The number of carbonyl (C=O) groups is 1. The van der Waals surface area contributed by atoms with Crippen LogP contribution in [-0.4, -0.2) is 17.0 Å². The Bertz CT molecular complexity index is 309. The van der Waals surface area contributed by atoms with E-state index in [9.17, 15) is 9.90 Å². The molecule has 0 saturated carbocycles. The average molecular weight is 277 g/mol. The van der Waals surface area contributed by atoms with Crippen LogP contribution in [0.15, 0.2) is 15.9 Å². The molecule has 0 spiro atoms. The third-order valence-corrected chi connectivity index (χ3v) is 3.89. The molecule has 4 heteroatoms. The Balaban J connectivity index is 2.53. The minimum atomic E-state index is -0.797. The molecule has 1 rings (SSSR count). The van der Waals surface area contributed by atoms with Crippen LogP contribution in [0.3, 0.4) is 0 Å². The molecular weight excluding hydrogens is 264 g/mol. The first-order chi connectivity index (χ1) is 6.65. The monoisotopic (exact) mass is 276 g/mol. The summed E-state index contributed by atoms with van der Waals surface area (Å²) in [5, 5.41) is 11.4. The van der Waals surface area contributed by atoms with Crippen LogP contribution in [0.2, 0.25) is 0 Å². The molecule has 1 N–H and O–H groups in total. The van der Waals surface area contributed by atoms with Crippen molar-refractivity contribution in [1.29, 1.82) is 0 Å². The lowest BCUT2D eigenvalue weighted by atomic mass is 10.1. The van der Waals surface area contributed by atoms with Gasteiger partial charge in [-0.05, 0) is 33.8 Å².